The van der Waals surface area contributed by atoms with Gasteiger partial charge in [0.05, 0.1) is 13.5 Å². The van der Waals surface area contributed by atoms with Gasteiger partial charge in [-0.15, -0.1) is 0 Å². The number of anilines is 1. The number of aryl methyl sites for hydroxylation is 1. The number of nitrogens with two attached hydrogens (primary N) is 1. The van der Waals surface area contributed by atoms with Crippen LogP contribution in [0.15, 0.2) is 48.5 Å². The molecule has 0 aliphatic carbocycles. The molecule has 0 spiro atoms. The third-order valence-electron chi connectivity index (χ3n) is 5.45. The lowest BCUT2D eigenvalue weighted by atomic mass is 9.98. The zero-order chi connectivity index (χ0) is 28.6. The minimum absolute atomic E-state index is 0.470. The van der Waals surface area contributed by atoms with Crippen LogP contribution in [0.4, 0.5) is 10.5 Å². The van der Waals surface area contributed by atoms with Gasteiger partial charge in [-0.1, -0.05) is 29.8 Å². The number of nitrogens with one attached hydrogen (secondary N) is 2. The van der Waals surface area contributed by atoms with Gasteiger partial charge in [-0.05, 0) is 71.4 Å². The van der Waals surface area contributed by atoms with Crippen molar-refractivity contribution in [3.8, 4) is 5.75 Å². The van der Waals surface area contributed by atoms with Gasteiger partial charge in [0.2, 0.25) is 11.8 Å². The van der Waals surface area contributed by atoms with Crippen molar-refractivity contribution >= 4 is 29.5 Å². The highest BCUT2D eigenvalue weighted by Gasteiger charge is 2.38. The van der Waals surface area contributed by atoms with Gasteiger partial charge in [0.1, 0.15) is 23.4 Å². The van der Waals surface area contributed by atoms with Crippen molar-refractivity contribution in [1.29, 1.82) is 0 Å². The maximum absolute atomic E-state index is 13.9. The molecule has 206 valence electrons. The Labute approximate surface area is 223 Å². The predicted octanol–water partition coefficient (Wildman–Crippen LogP) is 3.69. The number of methoxy groups -OCH3 is 1. The molecular weight excluding hydrogens is 488 g/mol. The van der Waals surface area contributed by atoms with E-state index in [1.54, 1.807) is 78.1 Å². The number of carbonyl (C=O) groups excluding carboxylic acids is 4. The van der Waals surface area contributed by atoms with E-state index in [0.29, 0.717) is 17.0 Å². The summed E-state index contributed by atoms with van der Waals surface area (Å²) in [4.78, 5) is 53.4. The summed E-state index contributed by atoms with van der Waals surface area (Å²) in [5.41, 5.74) is 6.54. The molecule has 38 heavy (non-hydrogen) atoms. The number of primary amides is 1. The van der Waals surface area contributed by atoms with Gasteiger partial charge in [0, 0.05) is 11.7 Å². The van der Waals surface area contributed by atoms with Crippen LogP contribution in [0.5, 0.6) is 5.75 Å². The van der Waals surface area contributed by atoms with Gasteiger partial charge in [-0.3, -0.25) is 14.4 Å². The first-order valence-electron chi connectivity index (χ1n) is 12.3. The van der Waals surface area contributed by atoms with Gasteiger partial charge in [-0.2, -0.15) is 0 Å². The zero-order valence-corrected chi connectivity index (χ0v) is 23.0. The monoisotopic (exact) mass is 526 g/mol. The Morgan fingerprint density at radius 1 is 1.03 bits per heavy atom. The number of nitrogens with zero attached hydrogens (tertiary/aromatic N) is 1. The molecule has 10 nitrogen and oxygen atoms in total. The molecule has 0 aromatic heterocycles. The minimum atomic E-state index is -1.34. The summed E-state index contributed by atoms with van der Waals surface area (Å²) in [7, 11) is 1.54. The number of rotatable bonds is 10. The fourth-order valence-corrected chi connectivity index (χ4v) is 3.87. The number of hydrogen-bond donors (Lipinski definition) is 3. The number of carbonyl (C=O) groups is 4. The standard InChI is InChI=1S/C28H38N4O6/c1-17(2)32(26(35)22(16-23(29)33)31-27(36)38-28(4,5)6)24(19-10-8-9-18(3)15-19)25(34)30-20-11-13-21(37-7)14-12-20/h8-15,17,22,24H,16H2,1-7H3,(H2,29,33)(H,30,34)(H,31,36). The van der Waals surface area contributed by atoms with Gasteiger partial charge >= 0.3 is 6.09 Å². The largest absolute Gasteiger partial charge is 0.497 e. The highest BCUT2D eigenvalue weighted by Crippen LogP contribution is 2.28. The van der Waals surface area contributed by atoms with Crippen LogP contribution in [0.1, 0.15) is 58.2 Å². The van der Waals surface area contributed by atoms with Gasteiger partial charge in [0.15, 0.2) is 0 Å². The second-order valence-electron chi connectivity index (χ2n) is 10.2. The summed E-state index contributed by atoms with van der Waals surface area (Å²) in [6.45, 7) is 10.4. The molecule has 0 heterocycles. The first-order chi connectivity index (χ1) is 17.7. The van der Waals surface area contributed by atoms with Crippen LogP contribution in [0.25, 0.3) is 0 Å². The van der Waals surface area contributed by atoms with Crippen LogP contribution in [-0.4, -0.2) is 53.5 Å². The van der Waals surface area contributed by atoms with Crippen molar-refractivity contribution in [3.63, 3.8) is 0 Å². The first kappa shape index (κ1) is 30.1. The Bertz CT molecular complexity index is 1140. The molecule has 0 aliphatic heterocycles. The molecule has 0 aliphatic rings. The molecule has 2 rings (SSSR count). The van der Waals surface area contributed by atoms with E-state index in [1.807, 2.05) is 19.1 Å². The number of ether oxygens (including phenoxy) is 2. The minimum Gasteiger partial charge on any atom is -0.497 e. The maximum Gasteiger partial charge on any atom is 0.408 e. The molecule has 4 N–H and O–H groups in total. The van der Waals surface area contributed by atoms with Gasteiger partial charge in [0.25, 0.3) is 5.91 Å². The Morgan fingerprint density at radius 3 is 2.16 bits per heavy atom. The van der Waals surface area contributed by atoms with Crippen molar-refractivity contribution in [2.45, 2.75) is 71.7 Å². The Hall–Kier alpha value is -4.08. The first-order valence-corrected chi connectivity index (χ1v) is 12.3. The Morgan fingerprint density at radius 2 is 1.66 bits per heavy atom. The zero-order valence-electron chi connectivity index (χ0n) is 23.0. The summed E-state index contributed by atoms with van der Waals surface area (Å²) in [6, 6.07) is 11.1. The normalized spacial score (nSPS) is 12.7. The lowest BCUT2D eigenvalue weighted by Gasteiger charge is -2.37. The molecule has 2 aromatic rings. The molecule has 0 bridgehead atoms. The third kappa shape index (κ3) is 8.79. The van der Waals surface area contributed by atoms with Gasteiger partial charge in [-0.25, -0.2) is 4.79 Å². The van der Waals surface area contributed by atoms with E-state index in [2.05, 4.69) is 10.6 Å². The van der Waals surface area contributed by atoms with Crippen LogP contribution in [0, 0.1) is 6.92 Å². The fourth-order valence-electron chi connectivity index (χ4n) is 3.87. The van der Waals surface area contributed by atoms with Crippen molar-refractivity contribution in [2.24, 2.45) is 5.73 Å². The summed E-state index contributed by atoms with van der Waals surface area (Å²) in [5, 5.41) is 5.32. The quantitative estimate of drug-likeness (QED) is 0.431. The Balaban J connectivity index is 2.50. The summed E-state index contributed by atoms with van der Waals surface area (Å²) in [5.74, 6) is -1.29. The van der Waals surface area contributed by atoms with E-state index in [-0.39, 0.29) is 0 Å². The average molecular weight is 527 g/mol. The van der Waals surface area contributed by atoms with Crippen molar-refractivity contribution < 1.29 is 28.7 Å². The van der Waals surface area contributed by atoms with Crippen LogP contribution in [-0.2, 0) is 19.1 Å². The fraction of sp³-hybridized carbons (Fsp3) is 0.429. The Kier molecular flexibility index (Phi) is 10.3. The van der Waals surface area contributed by atoms with Crippen LogP contribution in [0.3, 0.4) is 0 Å². The van der Waals surface area contributed by atoms with E-state index in [0.717, 1.165) is 5.56 Å². The molecule has 0 saturated heterocycles. The highest BCUT2D eigenvalue weighted by atomic mass is 16.6. The molecule has 0 radical (unpaired) electrons. The van der Waals surface area contributed by atoms with Crippen LogP contribution < -0.4 is 21.1 Å². The number of alkyl carbamates (subject to hydrolysis) is 1. The lowest BCUT2D eigenvalue weighted by Crippen LogP contribution is -2.55. The third-order valence-corrected chi connectivity index (χ3v) is 5.45. The van der Waals surface area contributed by atoms with E-state index in [4.69, 9.17) is 15.2 Å². The second kappa shape index (κ2) is 12.9. The van der Waals surface area contributed by atoms with Crippen LogP contribution >= 0.6 is 0 Å². The molecule has 0 fully saturated rings. The molecular formula is C28H38N4O6. The molecule has 2 unspecified atom stereocenters. The molecule has 0 saturated carbocycles. The van der Waals surface area contributed by atoms with E-state index >= 15 is 0 Å². The maximum atomic E-state index is 13.9. The van der Waals surface area contributed by atoms with Crippen LogP contribution in [0.2, 0.25) is 0 Å². The van der Waals surface area contributed by atoms with E-state index < -0.39 is 54.0 Å². The smallest absolute Gasteiger partial charge is 0.408 e. The molecule has 4 amide bonds. The van der Waals surface area contributed by atoms with Crippen molar-refractivity contribution in [1.82, 2.24) is 10.2 Å². The highest BCUT2D eigenvalue weighted by molar-refractivity contribution is 5.99. The topological polar surface area (TPSA) is 140 Å². The van der Waals surface area contributed by atoms with Crippen molar-refractivity contribution in [3.05, 3.63) is 59.7 Å². The van der Waals surface area contributed by atoms with Gasteiger partial charge < -0.3 is 30.7 Å². The lowest BCUT2D eigenvalue weighted by molar-refractivity contribution is -0.143. The average Bonchev–Trinajstić information content (AvgIpc) is 2.80. The number of hydrogen-bond acceptors (Lipinski definition) is 6. The summed E-state index contributed by atoms with van der Waals surface area (Å²) >= 11 is 0. The second-order valence-corrected chi connectivity index (χ2v) is 10.2. The van der Waals surface area contributed by atoms with Crippen molar-refractivity contribution in [2.75, 3.05) is 12.4 Å². The molecule has 2 atom stereocenters. The number of amides is 4. The summed E-state index contributed by atoms with van der Waals surface area (Å²) < 4.78 is 10.5. The van der Waals surface area contributed by atoms with E-state index in [9.17, 15) is 19.2 Å². The SMILES string of the molecule is COc1ccc(NC(=O)C(c2cccc(C)c2)N(C(=O)C(CC(N)=O)NC(=O)OC(C)(C)C)C(C)C)cc1. The predicted molar refractivity (Wildman–Crippen MR) is 144 cm³/mol. The molecule has 10 heteroatoms. The molecule has 2 aromatic carbocycles. The summed E-state index contributed by atoms with van der Waals surface area (Å²) in [6.07, 6.45) is -1.35. The number of benzene rings is 2. The van der Waals surface area contributed by atoms with E-state index in [1.165, 1.54) is 4.90 Å².